The number of hydrogen-bond acceptors (Lipinski definition) is 3. The summed E-state index contributed by atoms with van der Waals surface area (Å²) in [6.45, 7) is 0. The van der Waals surface area contributed by atoms with Gasteiger partial charge in [0.2, 0.25) is 17.7 Å². The second-order valence-electron chi connectivity index (χ2n) is 7.78. The zero-order valence-corrected chi connectivity index (χ0v) is 14.0. The Labute approximate surface area is 144 Å². The van der Waals surface area contributed by atoms with Crippen LogP contribution in [-0.4, -0.2) is 24.8 Å². The molecule has 5 nitrogen and oxygen atoms in total. The number of benzene rings is 1. The molecule has 1 saturated heterocycles. The maximum absolute atomic E-state index is 14.9. The predicted molar refractivity (Wildman–Crippen MR) is 88.7 cm³/mol. The first kappa shape index (κ1) is 15.0. The fourth-order valence-electron chi connectivity index (χ4n) is 4.94. The normalized spacial score (nSPS) is 29.4. The molecule has 2 aliphatic heterocycles. The van der Waals surface area contributed by atoms with Crippen LogP contribution in [0.2, 0.25) is 0 Å². The number of amides is 3. The van der Waals surface area contributed by atoms with Crippen molar-refractivity contribution >= 4 is 29.1 Å². The number of anilines is 2. The van der Waals surface area contributed by atoms with Gasteiger partial charge in [0.05, 0.1) is 22.9 Å². The molecule has 2 heterocycles. The molecule has 6 heteroatoms. The van der Waals surface area contributed by atoms with E-state index in [0.717, 1.165) is 30.6 Å². The van der Waals surface area contributed by atoms with Crippen LogP contribution >= 0.6 is 0 Å². The molecule has 3 amide bonds. The number of likely N-dealkylation sites (N-methyl/N-ethyl adjacent to an activating group) is 1. The fourth-order valence-corrected chi connectivity index (χ4v) is 4.94. The van der Waals surface area contributed by atoms with E-state index in [1.165, 1.54) is 17.0 Å². The third kappa shape index (κ3) is 1.75. The van der Waals surface area contributed by atoms with Crippen LogP contribution in [0.1, 0.15) is 44.1 Å². The Bertz CT molecular complexity index is 821. The highest BCUT2D eigenvalue weighted by Crippen LogP contribution is 2.58. The third-order valence-corrected chi connectivity index (χ3v) is 6.49. The topological polar surface area (TPSA) is 57.7 Å². The van der Waals surface area contributed by atoms with Gasteiger partial charge in [-0.25, -0.2) is 9.29 Å². The van der Waals surface area contributed by atoms with Crippen molar-refractivity contribution in [3.05, 3.63) is 23.5 Å². The molecular formula is C19H19FN2O3. The van der Waals surface area contributed by atoms with Gasteiger partial charge in [-0.2, -0.15) is 0 Å². The van der Waals surface area contributed by atoms with E-state index in [4.69, 9.17) is 0 Å². The third-order valence-electron chi connectivity index (χ3n) is 6.49. The molecule has 1 spiro atoms. The van der Waals surface area contributed by atoms with E-state index in [1.54, 1.807) is 7.05 Å². The Hall–Kier alpha value is -2.24. The van der Waals surface area contributed by atoms with Crippen molar-refractivity contribution < 1.29 is 18.8 Å². The van der Waals surface area contributed by atoms with Crippen molar-refractivity contribution in [2.45, 2.75) is 43.9 Å². The Morgan fingerprint density at radius 1 is 1.00 bits per heavy atom. The lowest BCUT2D eigenvalue weighted by Gasteiger charge is -2.19. The Morgan fingerprint density at radius 2 is 1.60 bits per heavy atom. The summed E-state index contributed by atoms with van der Waals surface area (Å²) in [5.74, 6) is -1.82. The quantitative estimate of drug-likeness (QED) is 0.737. The molecular weight excluding hydrogens is 323 g/mol. The first-order valence-electron chi connectivity index (χ1n) is 8.96. The maximum Gasteiger partial charge on any atom is 0.237 e. The minimum atomic E-state index is -0.589. The van der Waals surface area contributed by atoms with E-state index in [2.05, 4.69) is 0 Å². The Morgan fingerprint density at radius 3 is 2.16 bits per heavy atom. The number of rotatable bonds is 1. The summed E-state index contributed by atoms with van der Waals surface area (Å²) >= 11 is 0. The molecule has 3 fully saturated rings. The van der Waals surface area contributed by atoms with Crippen molar-refractivity contribution in [2.75, 3.05) is 16.8 Å². The SMILES string of the molecule is CN1C(=O)C2(CC2)c2cc(F)c(N3C(=O)C4CCCCC4C3=O)cc21. The smallest absolute Gasteiger partial charge is 0.237 e. The van der Waals surface area contributed by atoms with Crippen molar-refractivity contribution in [1.29, 1.82) is 0 Å². The molecule has 2 unspecified atom stereocenters. The minimum absolute atomic E-state index is 0.000463. The number of carbonyl (C=O) groups excluding carboxylic acids is 3. The van der Waals surface area contributed by atoms with Crippen molar-refractivity contribution in [1.82, 2.24) is 0 Å². The fraction of sp³-hybridized carbons (Fsp3) is 0.526. The predicted octanol–water partition coefficient (Wildman–Crippen LogP) is 2.51. The van der Waals surface area contributed by atoms with Gasteiger partial charge in [0.25, 0.3) is 0 Å². The van der Waals surface area contributed by atoms with Crippen LogP contribution in [0.5, 0.6) is 0 Å². The summed E-state index contributed by atoms with van der Waals surface area (Å²) in [6.07, 6.45) is 4.71. The Kier molecular flexibility index (Phi) is 2.82. The van der Waals surface area contributed by atoms with Crippen LogP contribution in [0.3, 0.4) is 0 Å². The zero-order chi connectivity index (χ0) is 17.5. The minimum Gasteiger partial charge on any atom is -0.314 e. The van der Waals surface area contributed by atoms with Crippen LogP contribution in [0, 0.1) is 17.7 Å². The number of carbonyl (C=O) groups is 3. The number of hydrogen-bond donors (Lipinski definition) is 0. The van der Waals surface area contributed by atoms with Gasteiger partial charge in [-0.05, 0) is 43.4 Å². The van der Waals surface area contributed by atoms with Gasteiger partial charge in [0, 0.05) is 12.7 Å². The average molecular weight is 342 g/mol. The monoisotopic (exact) mass is 342 g/mol. The highest BCUT2D eigenvalue weighted by atomic mass is 19.1. The molecule has 25 heavy (non-hydrogen) atoms. The molecule has 1 aromatic carbocycles. The van der Waals surface area contributed by atoms with E-state index in [9.17, 15) is 18.8 Å². The summed E-state index contributed by atoms with van der Waals surface area (Å²) in [7, 11) is 1.67. The van der Waals surface area contributed by atoms with Gasteiger partial charge in [0.1, 0.15) is 5.82 Å². The standard InChI is InChI=1S/C19H19FN2O3/c1-21-14-9-15(13(20)8-12(14)19(6-7-19)18(21)25)22-16(23)10-4-2-3-5-11(10)17(22)24/h8-11H,2-7H2,1H3. The second-order valence-corrected chi connectivity index (χ2v) is 7.78. The van der Waals surface area contributed by atoms with Crippen molar-refractivity contribution in [2.24, 2.45) is 11.8 Å². The molecule has 130 valence electrons. The lowest BCUT2D eigenvalue weighted by atomic mass is 9.81. The summed E-state index contributed by atoms with van der Waals surface area (Å²) in [5.41, 5.74) is 0.740. The maximum atomic E-state index is 14.9. The van der Waals surface area contributed by atoms with Gasteiger partial charge in [-0.15, -0.1) is 0 Å². The molecule has 1 aromatic rings. The van der Waals surface area contributed by atoms with Gasteiger partial charge in [-0.3, -0.25) is 14.4 Å². The number of fused-ring (bicyclic) bond motifs is 3. The Balaban J connectivity index is 1.61. The van der Waals surface area contributed by atoms with Crippen molar-refractivity contribution in [3.8, 4) is 0 Å². The number of imide groups is 1. The molecule has 2 atom stereocenters. The van der Waals surface area contributed by atoms with E-state index >= 15 is 0 Å². The summed E-state index contributed by atoms with van der Waals surface area (Å²) in [6, 6.07) is 2.88. The lowest BCUT2D eigenvalue weighted by molar-refractivity contribution is -0.122. The number of halogens is 1. The molecule has 5 rings (SSSR count). The summed E-state index contributed by atoms with van der Waals surface area (Å²) in [4.78, 5) is 40.5. The van der Waals surface area contributed by atoms with Gasteiger partial charge in [-0.1, -0.05) is 12.8 Å². The highest BCUT2D eigenvalue weighted by Gasteiger charge is 2.59. The van der Waals surface area contributed by atoms with Crippen LogP contribution < -0.4 is 9.80 Å². The van der Waals surface area contributed by atoms with E-state index < -0.39 is 11.2 Å². The molecule has 2 aliphatic carbocycles. The zero-order valence-electron chi connectivity index (χ0n) is 14.0. The van der Waals surface area contributed by atoms with Crippen molar-refractivity contribution in [3.63, 3.8) is 0 Å². The van der Waals surface area contributed by atoms with Gasteiger partial charge >= 0.3 is 0 Å². The average Bonchev–Trinajstić information content (AvgIpc) is 3.35. The first-order valence-corrected chi connectivity index (χ1v) is 8.96. The molecule has 2 saturated carbocycles. The largest absolute Gasteiger partial charge is 0.314 e. The van der Waals surface area contributed by atoms with E-state index in [1.807, 2.05) is 0 Å². The van der Waals surface area contributed by atoms with Gasteiger partial charge in [0.15, 0.2) is 0 Å². The van der Waals surface area contributed by atoms with Crippen LogP contribution in [0.15, 0.2) is 12.1 Å². The first-order chi connectivity index (χ1) is 12.0. The van der Waals surface area contributed by atoms with Crippen LogP contribution in [0.4, 0.5) is 15.8 Å². The van der Waals surface area contributed by atoms with Gasteiger partial charge < -0.3 is 4.90 Å². The lowest BCUT2D eigenvalue weighted by Crippen LogP contribution is -2.32. The number of nitrogens with zero attached hydrogens (tertiary/aromatic N) is 2. The molecule has 4 aliphatic rings. The molecule has 0 aromatic heterocycles. The summed E-state index contributed by atoms with van der Waals surface area (Å²) in [5, 5.41) is 0. The van der Waals surface area contributed by atoms with E-state index in [0.29, 0.717) is 24.1 Å². The molecule has 0 radical (unpaired) electrons. The van der Waals surface area contributed by atoms with E-state index in [-0.39, 0.29) is 35.2 Å². The van der Waals surface area contributed by atoms with Crippen LogP contribution in [0.25, 0.3) is 0 Å². The molecule has 0 bridgehead atoms. The van der Waals surface area contributed by atoms with Crippen LogP contribution in [-0.2, 0) is 19.8 Å². The highest BCUT2D eigenvalue weighted by molar-refractivity contribution is 6.22. The molecule has 0 N–H and O–H groups in total. The second kappa shape index (κ2) is 4.68. The summed E-state index contributed by atoms with van der Waals surface area (Å²) < 4.78 is 14.9.